The molecule has 0 bridgehead atoms. The van der Waals surface area contributed by atoms with Gasteiger partial charge in [0.15, 0.2) is 5.78 Å². The molecule has 0 amide bonds. The molecule has 2 aromatic heterocycles. The summed E-state index contributed by atoms with van der Waals surface area (Å²) in [5.41, 5.74) is 5.66. The molecule has 1 aliphatic carbocycles. The molecule has 1 saturated heterocycles. The van der Waals surface area contributed by atoms with Crippen molar-refractivity contribution < 1.29 is 4.79 Å². The van der Waals surface area contributed by atoms with Gasteiger partial charge in [-0.2, -0.15) is 0 Å². The molecule has 3 heterocycles. The first-order valence-electron chi connectivity index (χ1n) is 11.4. The molecule has 1 fully saturated rings. The Labute approximate surface area is 194 Å². The Morgan fingerprint density at radius 2 is 2.03 bits per heavy atom. The van der Waals surface area contributed by atoms with Crippen LogP contribution in [0.15, 0.2) is 61.0 Å². The molecule has 0 spiro atoms. The molecule has 5 heteroatoms. The zero-order valence-electron chi connectivity index (χ0n) is 18.6. The molecular weight excluding hydrogens is 418 g/mol. The van der Waals surface area contributed by atoms with Gasteiger partial charge in [-0.1, -0.05) is 42.8 Å². The number of hydrogen-bond acceptors (Lipinski definition) is 3. The number of rotatable bonds is 6. The lowest BCUT2D eigenvalue weighted by Gasteiger charge is -2.38. The number of carbonyl (C=O) groups excluding carboxylic acids is 1. The van der Waals surface area contributed by atoms with Gasteiger partial charge in [0.05, 0.1) is 10.7 Å². The molecule has 5 rings (SSSR count). The zero-order chi connectivity index (χ0) is 22.2. The van der Waals surface area contributed by atoms with Crippen molar-refractivity contribution in [2.24, 2.45) is 13.0 Å². The summed E-state index contributed by atoms with van der Waals surface area (Å²) in [5.74, 6) is 0.707. The fourth-order valence-corrected chi connectivity index (χ4v) is 4.97. The summed E-state index contributed by atoms with van der Waals surface area (Å²) in [6.07, 6.45) is 11.3. The summed E-state index contributed by atoms with van der Waals surface area (Å²) in [4.78, 5) is 19.5. The minimum Gasteiger partial charge on any atom is -0.350 e. The second-order valence-electron chi connectivity index (χ2n) is 8.96. The molecule has 1 aromatic carbocycles. The monoisotopic (exact) mass is 445 g/mol. The normalized spacial score (nSPS) is 19.4. The third-order valence-electron chi connectivity index (χ3n) is 6.87. The maximum absolute atomic E-state index is 12.7. The predicted molar refractivity (Wildman–Crippen MR) is 131 cm³/mol. The van der Waals surface area contributed by atoms with Crippen LogP contribution in [0.1, 0.15) is 36.1 Å². The number of aromatic nitrogens is 2. The Morgan fingerprint density at radius 3 is 2.75 bits per heavy atom. The van der Waals surface area contributed by atoms with Crippen molar-refractivity contribution in [1.82, 2.24) is 14.5 Å². The van der Waals surface area contributed by atoms with Crippen molar-refractivity contribution in [2.45, 2.75) is 25.7 Å². The van der Waals surface area contributed by atoms with Crippen LogP contribution in [0.5, 0.6) is 0 Å². The zero-order valence-corrected chi connectivity index (χ0v) is 19.3. The van der Waals surface area contributed by atoms with Gasteiger partial charge >= 0.3 is 0 Å². The maximum Gasteiger partial charge on any atom is 0.163 e. The third kappa shape index (κ3) is 4.05. The van der Waals surface area contributed by atoms with E-state index in [0.717, 1.165) is 43.7 Å². The standard InChI is InChI=1S/C27H28ClN3O/c1-3-31-15-21(16-31)24-17-30(2)26-12-18(5-10-23(24)26)4-6-19-7-8-20(13-27(19)32)25-11-9-22(28)14-29-25/h5,7-14,17,19,21H,3-4,6,15-16H2,1-2H3. The van der Waals surface area contributed by atoms with Crippen LogP contribution in [0, 0.1) is 5.92 Å². The highest BCUT2D eigenvalue weighted by Crippen LogP contribution is 2.34. The minimum atomic E-state index is -0.0827. The number of hydrogen-bond donors (Lipinski definition) is 0. The molecule has 3 aromatic rings. The summed E-state index contributed by atoms with van der Waals surface area (Å²) >= 11 is 5.92. The van der Waals surface area contributed by atoms with Gasteiger partial charge in [0.2, 0.25) is 0 Å². The van der Waals surface area contributed by atoms with E-state index in [2.05, 4.69) is 52.8 Å². The largest absolute Gasteiger partial charge is 0.350 e. The fourth-order valence-electron chi connectivity index (χ4n) is 4.86. The first kappa shape index (κ1) is 21.2. The summed E-state index contributed by atoms with van der Waals surface area (Å²) in [6.45, 7) is 5.68. The van der Waals surface area contributed by atoms with Crippen LogP contribution in [0.3, 0.4) is 0 Å². The van der Waals surface area contributed by atoms with Crippen LogP contribution in [0.2, 0.25) is 5.02 Å². The van der Waals surface area contributed by atoms with E-state index in [-0.39, 0.29) is 11.7 Å². The molecule has 1 atom stereocenters. The van der Waals surface area contributed by atoms with Crippen molar-refractivity contribution in [3.8, 4) is 0 Å². The maximum atomic E-state index is 12.7. The van der Waals surface area contributed by atoms with Gasteiger partial charge in [0, 0.05) is 60.8 Å². The van der Waals surface area contributed by atoms with Gasteiger partial charge in [-0.3, -0.25) is 9.78 Å². The summed E-state index contributed by atoms with van der Waals surface area (Å²) in [5, 5.41) is 1.96. The van der Waals surface area contributed by atoms with E-state index in [1.54, 1.807) is 18.3 Å². The smallest absolute Gasteiger partial charge is 0.163 e. The topological polar surface area (TPSA) is 38.1 Å². The predicted octanol–water partition coefficient (Wildman–Crippen LogP) is 5.42. The van der Waals surface area contributed by atoms with E-state index in [9.17, 15) is 4.79 Å². The lowest BCUT2D eigenvalue weighted by molar-refractivity contribution is -0.117. The molecule has 1 unspecified atom stereocenters. The average Bonchev–Trinajstić information content (AvgIpc) is 3.08. The van der Waals surface area contributed by atoms with Gasteiger partial charge in [0.1, 0.15) is 0 Å². The molecule has 2 aliphatic rings. The molecule has 0 saturated carbocycles. The number of aryl methyl sites for hydroxylation is 2. The summed E-state index contributed by atoms with van der Waals surface area (Å²) in [7, 11) is 2.14. The Morgan fingerprint density at radius 1 is 1.19 bits per heavy atom. The molecule has 0 N–H and O–H groups in total. The molecule has 1 aliphatic heterocycles. The van der Waals surface area contributed by atoms with Gasteiger partial charge in [-0.25, -0.2) is 0 Å². The number of pyridine rings is 1. The number of allylic oxidation sites excluding steroid dienone is 4. The highest BCUT2D eigenvalue weighted by Gasteiger charge is 2.29. The number of benzene rings is 1. The Bertz CT molecular complexity index is 1220. The number of carbonyl (C=O) groups is 1. The molecule has 32 heavy (non-hydrogen) atoms. The van der Waals surface area contributed by atoms with Crippen molar-refractivity contribution in [3.63, 3.8) is 0 Å². The van der Waals surface area contributed by atoms with E-state index < -0.39 is 0 Å². The number of halogens is 1. The average molecular weight is 446 g/mol. The van der Waals surface area contributed by atoms with Crippen molar-refractivity contribution >= 4 is 33.9 Å². The second-order valence-corrected chi connectivity index (χ2v) is 9.40. The number of nitrogens with zero attached hydrogens (tertiary/aromatic N) is 3. The second kappa shape index (κ2) is 8.68. The van der Waals surface area contributed by atoms with E-state index in [1.807, 2.05) is 18.2 Å². The first-order chi connectivity index (χ1) is 15.5. The summed E-state index contributed by atoms with van der Waals surface area (Å²) < 4.78 is 2.25. The van der Waals surface area contributed by atoms with E-state index >= 15 is 0 Å². The molecule has 4 nitrogen and oxygen atoms in total. The van der Waals surface area contributed by atoms with Crippen molar-refractivity contribution in [1.29, 1.82) is 0 Å². The fraction of sp³-hybridized carbons (Fsp3) is 0.333. The number of ketones is 1. The Hall–Kier alpha value is -2.69. The van der Waals surface area contributed by atoms with Crippen LogP contribution in [0.4, 0.5) is 0 Å². The van der Waals surface area contributed by atoms with Gasteiger partial charge < -0.3 is 9.47 Å². The number of likely N-dealkylation sites (N-methyl/N-ethyl adjacent to an activating group) is 1. The van der Waals surface area contributed by atoms with Crippen LogP contribution < -0.4 is 0 Å². The van der Waals surface area contributed by atoms with Gasteiger partial charge in [-0.05, 0) is 54.8 Å². The number of fused-ring (bicyclic) bond motifs is 1. The van der Waals surface area contributed by atoms with Crippen molar-refractivity contribution in [2.75, 3.05) is 19.6 Å². The first-order valence-corrected chi connectivity index (χ1v) is 11.8. The highest BCUT2D eigenvalue weighted by molar-refractivity contribution is 6.30. The lowest BCUT2D eigenvalue weighted by Crippen LogP contribution is -2.44. The molecule has 164 valence electrons. The molecule has 0 radical (unpaired) electrons. The van der Waals surface area contributed by atoms with Crippen molar-refractivity contribution in [3.05, 3.63) is 82.8 Å². The van der Waals surface area contributed by atoms with Crippen LogP contribution >= 0.6 is 11.6 Å². The number of likely N-dealkylation sites (tertiary alicyclic amines) is 1. The van der Waals surface area contributed by atoms with Crippen LogP contribution in [0.25, 0.3) is 16.5 Å². The van der Waals surface area contributed by atoms with Crippen LogP contribution in [-0.4, -0.2) is 39.9 Å². The Kier molecular flexibility index (Phi) is 5.75. The quantitative estimate of drug-likeness (QED) is 0.508. The molecular formula is C27H28ClN3O. The lowest BCUT2D eigenvalue weighted by atomic mass is 9.88. The van der Waals surface area contributed by atoms with E-state index in [4.69, 9.17) is 11.6 Å². The van der Waals surface area contributed by atoms with Gasteiger partial charge in [0.25, 0.3) is 0 Å². The third-order valence-corrected chi connectivity index (χ3v) is 7.09. The Balaban J connectivity index is 1.26. The van der Waals surface area contributed by atoms with E-state index in [0.29, 0.717) is 10.9 Å². The minimum absolute atomic E-state index is 0.0827. The van der Waals surface area contributed by atoms with Gasteiger partial charge in [-0.15, -0.1) is 0 Å². The summed E-state index contributed by atoms with van der Waals surface area (Å²) in [6, 6.07) is 10.4. The van der Waals surface area contributed by atoms with E-state index in [1.165, 1.54) is 22.0 Å². The van der Waals surface area contributed by atoms with Crippen LogP contribution in [-0.2, 0) is 18.3 Å². The highest BCUT2D eigenvalue weighted by atomic mass is 35.5. The SMILES string of the molecule is CCN1CC(c2cn(C)c3cc(CCC4C=CC(c5ccc(Cl)cn5)=CC4=O)ccc23)C1.